The number of rotatable bonds is 10. The highest BCUT2D eigenvalue weighted by Crippen LogP contribution is 2.31. The van der Waals surface area contributed by atoms with E-state index in [1.54, 1.807) is 7.11 Å². The van der Waals surface area contributed by atoms with Gasteiger partial charge in [0, 0.05) is 39.0 Å². The second kappa shape index (κ2) is 8.35. The highest BCUT2D eigenvalue weighted by molar-refractivity contribution is 5.42. The summed E-state index contributed by atoms with van der Waals surface area (Å²) in [6.45, 7) is 8.17. The molecule has 0 amide bonds. The van der Waals surface area contributed by atoms with Crippen LogP contribution in [0, 0.1) is 5.92 Å². The smallest absolute Gasteiger partial charge is 0.128 e. The van der Waals surface area contributed by atoms with Gasteiger partial charge in [0.25, 0.3) is 0 Å². The van der Waals surface area contributed by atoms with E-state index in [1.807, 2.05) is 6.20 Å². The first kappa shape index (κ1) is 16.2. The van der Waals surface area contributed by atoms with E-state index in [4.69, 9.17) is 4.74 Å². The molecule has 0 radical (unpaired) electrons. The Morgan fingerprint density at radius 2 is 2.19 bits per heavy atom. The van der Waals surface area contributed by atoms with Crippen LogP contribution in [0.3, 0.4) is 0 Å². The third-order valence-electron chi connectivity index (χ3n) is 3.85. The first-order valence-corrected chi connectivity index (χ1v) is 8.12. The second-order valence-electron chi connectivity index (χ2n) is 6.30. The molecule has 0 spiro atoms. The summed E-state index contributed by atoms with van der Waals surface area (Å²) < 4.78 is 5.02. The van der Waals surface area contributed by atoms with Crippen LogP contribution < -0.4 is 10.2 Å². The first-order valence-electron chi connectivity index (χ1n) is 8.12. The van der Waals surface area contributed by atoms with Gasteiger partial charge in [-0.15, -0.1) is 0 Å². The van der Waals surface area contributed by atoms with Crippen LogP contribution in [-0.2, 0) is 11.3 Å². The number of aromatic nitrogens is 1. The van der Waals surface area contributed by atoms with Crippen LogP contribution in [-0.4, -0.2) is 37.8 Å². The maximum absolute atomic E-state index is 5.02. The molecule has 1 aliphatic rings. The largest absolute Gasteiger partial charge is 0.383 e. The molecule has 1 fully saturated rings. The van der Waals surface area contributed by atoms with Crippen LogP contribution >= 0.6 is 0 Å². The van der Waals surface area contributed by atoms with Gasteiger partial charge in [-0.2, -0.15) is 0 Å². The minimum atomic E-state index is 0.724. The number of hydrogen-bond acceptors (Lipinski definition) is 4. The van der Waals surface area contributed by atoms with Crippen molar-refractivity contribution in [3.05, 3.63) is 23.9 Å². The van der Waals surface area contributed by atoms with Gasteiger partial charge in [0.2, 0.25) is 0 Å². The Hall–Kier alpha value is -1.13. The van der Waals surface area contributed by atoms with Crippen molar-refractivity contribution < 1.29 is 4.74 Å². The van der Waals surface area contributed by atoms with Crippen molar-refractivity contribution in [2.75, 3.05) is 31.7 Å². The molecule has 1 heterocycles. The van der Waals surface area contributed by atoms with Crippen LogP contribution in [0.15, 0.2) is 18.3 Å². The van der Waals surface area contributed by atoms with Gasteiger partial charge in [0.05, 0.1) is 6.61 Å². The third kappa shape index (κ3) is 5.64. The highest BCUT2D eigenvalue weighted by atomic mass is 16.5. The van der Waals surface area contributed by atoms with Gasteiger partial charge in [0.15, 0.2) is 0 Å². The number of hydrogen-bond donors (Lipinski definition) is 1. The molecular weight excluding hydrogens is 262 g/mol. The Balaban J connectivity index is 1.86. The number of ether oxygens (including phenoxy) is 1. The van der Waals surface area contributed by atoms with Crippen molar-refractivity contribution >= 4 is 5.82 Å². The molecule has 118 valence electrons. The molecule has 1 aromatic heterocycles. The zero-order chi connectivity index (χ0) is 15.1. The second-order valence-corrected chi connectivity index (χ2v) is 6.30. The Morgan fingerprint density at radius 3 is 2.76 bits per heavy atom. The first-order chi connectivity index (χ1) is 10.2. The van der Waals surface area contributed by atoms with E-state index >= 15 is 0 Å². The molecule has 0 atom stereocenters. The predicted molar refractivity (Wildman–Crippen MR) is 87.6 cm³/mol. The Bertz CT molecular complexity index is 401. The summed E-state index contributed by atoms with van der Waals surface area (Å²) in [4.78, 5) is 7.16. The van der Waals surface area contributed by atoms with Crippen LogP contribution in [0.2, 0.25) is 0 Å². The molecule has 0 saturated heterocycles. The molecule has 21 heavy (non-hydrogen) atoms. The molecule has 1 aliphatic carbocycles. The monoisotopic (exact) mass is 291 g/mol. The van der Waals surface area contributed by atoms with Gasteiger partial charge in [-0.3, -0.25) is 0 Å². The SMILES string of the molecule is COCCNCc1ccc(N(CCC(C)C)C2CC2)nc1. The number of anilines is 1. The molecule has 0 aliphatic heterocycles. The molecule has 0 unspecified atom stereocenters. The van der Waals surface area contributed by atoms with Gasteiger partial charge in [0.1, 0.15) is 5.82 Å². The number of nitrogens with one attached hydrogen (secondary N) is 1. The lowest BCUT2D eigenvalue weighted by atomic mass is 10.1. The lowest BCUT2D eigenvalue weighted by molar-refractivity contribution is 0.199. The van der Waals surface area contributed by atoms with Crippen molar-refractivity contribution in [1.82, 2.24) is 10.3 Å². The normalized spacial score (nSPS) is 14.7. The molecule has 0 aromatic carbocycles. The molecule has 1 N–H and O–H groups in total. The van der Waals surface area contributed by atoms with E-state index in [9.17, 15) is 0 Å². The van der Waals surface area contributed by atoms with Crippen molar-refractivity contribution in [3.63, 3.8) is 0 Å². The maximum atomic E-state index is 5.02. The Labute approximate surface area is 128 Å². The fourth-order valence-electron chi connectivity index (χ4n) is 2.37. The fourth-order valence-corrected chi connectivity index (χ4v) is 2.37. The van der Waals surface area contributed by atoms with Gasteiger partial charge in [-0.1, -0.05) is 19.9 Å². The topological polar surface area (TPSA) is 37.4 Å². The van der Waals surface area contributed by atoms with Crippen LogP contribution in [0.1, 0.15) is 38.7 Å². The van der Waals surface area contributed by atoms with Crippen LogP contribution in [0.25, 0.3) is 0 Å². The summed E-state index contributed by atoms with van der Waals surface area (Å²) in [5, 5.41) is 3.35. The van der Waals surface area contributed by atoms with E-state index in [0.29, 0.717) is 0 Å². The van der Waals surface area contributed by atoms with E-state index < -0.39 is 0 Å². The molecule has 4 heteroatoms. The number of nitrogens with zero attached hydrogens (tertiary/aromatic N) is 2. The summed E-state index contributed by atoms with van der Waals surface area (Å²) in [7, 11) is 1.72. The summed E-state index contributed by atoms with van der Waals surface area (Å²) >= 11 is 0. The summed E-state index contributed by atoms with van der Waals surface area (Å²) in [6, 6.07) is 5.08. The lowest BCUT2D eigenvalue weighted by Crippen LogP contribution is -2.28. The third-order valence-corrected chi connectivity index (χ3v) is 3.85. The molecule has 1 saturated carbocycles. The van der Waals surface area contributed by atoms with E-state index in [-0.39, 0.29) is 0 Å². The zero-order valence-corrected chi connectivity index (χ0v) is 13.6. The highest BCUT2D eigenvalue weighted by Gasteiger charge is 2.29. The quantitative estimate of drug-likeness (QED) is 0.673. The van der Waals surface area contributed by atoms with E-state index in [1.165, 1.54) is 24.8 Å². The summed E-state index contributed by atoms with van der Waals surface area (Å²) in [5.74, 6) is 1.88. The fraction of sp³-hybridized carbons (Fsp3) is 0.706. The molecule has 0 bridgehead atoms. The van der Waals surface area contributed by atoms with Gasteiger partial charge in [-0.05, 0) is 36.8 Å². The standard InChI is InChI=1S/C17H29N3O/c1-14(2)8-10-20(16-5-6-16)17-7-4-15(13-19-17)12-18-9-11-21-3/h4,7,13-14,16,18H,5-6,8-12H2,1-3H3. The molecular formula is C17H29N3O. The van der Waals surface area contributed by atoms with Crippen molar-refractivity contribution in [2.24, 2.45) is 5.92 Å². The van der Waals surface area contributed by atoms with Crippen molar-refractivity contribution in [3.8, 4) is 0 Å². The van der Waals surface area contributed by atoms with Crippen molar-refractivity contribution in [1.29, 1.82) is 0 Å². The Kier molecular flexibility index (Phi) is 6.46. The average molecular weight is 291 g/mol. The molecule has 1 aromatic rings. The van der Waals surface area contributed by atoms with Gasteiger partial charge in [-0.25, -0.2) is 4.98 Å². The minimum Gasteiger partial charge on any atom is -0.383 e. The minimum absolute atomic E-state index is 0.724. The van der Waals surface area contributed by atoms with E-state index in [0.717, 1.165) is 44.0 Å². The average Bonchev–Trinajstić information content (AvgIpc) is 3.30. The van der Waals surface area contributed by atoms with Crippen molar-refractivity contribution in [2.45, 2.75) is 45.7 Å². The van der Waals surface area contributed by atoms with Crippen LogP contribution in [0.4, 0.5) is 5.82 Å². The number of methoxy groups -OCH3 is 1. The molecule has 2 rings (SSSR count). The van der Waals surface area contributed by atoms with Gasteiger partial charge >= 0.3 is 0 Å². The van der Waals surface area contributed by atoms with Crippen LogP contribution in [0.5, 0.6) is 0 Å². The maximum Gasteiger partial charge on any atom is 0.128 e. The Morgan fingerprint density at radius 1 is 1.38 bits per heavy atom. The summed E-state index contributed by atoms with van der Waals surface area (Å²) in [5.41, 5.74) is 1.23. The van der Waals surface area contributed by atoms with E-state index in [2.05, 4.69) is 41.2 Å². The predicted octanol–water partition coefficient (Wildman–Crippen LogP) is 2.83. The number of pyridine rings is 1. The lowest BCUT2D eigenvalue weighted by Gasteiger charge is -2.24. The van der Waals surface area contributed by atoms with Gasteiger partial charge < -0.3 is 15.0 Å². The molecule has 4 nitrogen and oxygen atoms in total. The summed E-state index contributed by atoms with van der Waals surface area (Å²) in [6.07, 6.45) is 5.87. The zero-order valence-electron chi connectivity index (χ0n) is 13.6.